The number of benzene rings is 2. The Hall–Kier alpha value is -3.02. The van der Waals surface area contributed by atoms with E-state index in [0.717, 1.165) is 37.4 Å². The van der Waals surface area contributed by atoms with Crippen molar-refractivity contribution >= 4 is 17.6 Å². The van der Waals surface area contributed by atoms with E-state index in [1.165, 1.54) is 0 Å². The Bertz CT molecular complexity index is 796. The SMILES string of the molecule is CC(=O)N1CCN(c2ccc(OC(=O)COc3ccccc3C)cc2)CC1. The number of nitrogens with zero attached hydrogens (tertiary/aromatic N) is 2. The lowest BCUT2D eigenvalue weighted by molar-refractivity contribution is -0.136. The highest BCUT2D eigenvalue weighted by atomic mass is 16.6. The van der Waals surface area contributed by atoms with E-state index in [-0.39, 0.29) is 12.5 Å². The van der Waals surface area contributed by atoms with Crippen molar-refractivity contribution < 1.29 is 19.1 Å². The lowest BCUT2D eigenvalue weighted by atomic mass is 10.2. The lowest BCUT2D eigenvalue weighted by Gasteiger charge is -2.35. The molecule has 1 aliphatic heterocycles. The van der Waals surface area contributed by atoms with Crippen LogP contribution in [0.25, 0.3) is 0 Å². The zero-order chi connectivity index (χ0) is 19.2. The van der Waals surface area contributed by atoms with Crippen molar-refractivity contribution in [3.8, 4) is 11.5 Å². The van der Waals surface area contributed by atoms with Gasteiger partial charge in [0.25, 0.3) is 0 Å². The molecule has 2 aromatic rings. The highest BCUT2D eigenvalue weighted by Crippen LogP contribution is 2.21. The first kappa shape index (κ1) is 18.8. The first-order valence-electron chi connectivity index (χ1n) is 9.02. The number of carbonyl (C=O) groups excluding carboxylic acids is 2. The van der Waals surface area contributed by atoms with Crippen LogP contribution in [0, 0.1) is 6.92 Å². The molecule has 1 fully saturated rings. The van der Waals surface area contributed by atoms with Crippen molar-refractivity contribution in [2.45, 2.75) is 13.8 Å². The van der Waals surface area contributed by atoms with E-state index in [2.05, 4.69) is 4.90 Å². The number of anilines is 1. The predicted octanol–water partition coefficient (Wildman–Crippen LogP) is 2.65. The Labute approximate surface area is 159 Å². The van der Waals surface area contributed by atoms with Crippen molar-refractivity contribution in [3.63, 3.8) is 0 Å². The van der Waals surface area contributed by atoms with Gasteiger partial charge in [-0.05, 0) is 42.8 Å². The molecule has 1 aliphatic rings. The van der Waals surface area contributed by atoms with Gasteiger partial charge in [0.05, 0.1) is 0 Å². The van der Waals surface area contributed by atoms with Crippen molar-refractivity contribution in [2.24, 2.45) is 0 Å². The van der Waals surface area contributed by atoms with Gasteiger partial charge < -0.3 is 19.3 Å². The third-order valence-electron chi connectivity index (χ3n) is 4.60. The molecule has 27 heavy (non-hydrogen) atoms. The van der Waals surface area contributed by atoms with Crippen LogP contribution in [0.2, 0.25) is 0 Å². The number of ether oxygens (including phenoxy) is 2. The number of amides is 1. The Balaban J connectivity index is 1.49. The van der Waals surface area contributed by atoms with E-state index in [0.29, 0.717) is 11.5 Å². The quantitative estimate of drug-likeness (QED) is 0.600. The summed E-state index contributed by atoms with van der Waals surface area (Å²) in [5, 5.41) is 0. The van der Waals surface area contributed by atoms with Crippen LogP contribution >= 0.6 is 0 Å². The van der Waals surface area contributed by atoms with Crippen LogP contribution in [0.1, 0.15) is 12.5 Å². The van der Waals surface area contributed by atoms with Crippen molar-refractivity contribution in [1.29, 1.82) is 0 Å². The third-order valence-corrected chi connectivity index (χ3v) is 4.60. The fourth-order valence-corrected chi connectivity index (χ4v) is 3.02. The smallest absolute Gasteiger partial charge is 0.349 e. The Morgan fingerprint density at radius 2 is 1.63 bits per heavy atom. The minimum absolute atomic E-state index is 0.116. The Kier molecular flexibility index (Phi) is 5.96. The number of hydrogen-bond acceptors (Lipinski definition) is 5. The van der Waals surface area contributed by atoms with Gasteiger partial charge in [-0.2, -0.15) is 0 Å². The largest absolute Gasteiger partial charge is 0.482 e. The molecule has 6 heteroatoms. The second kappa shape index (κ2) is 8.58. The maximum atomic E-state index is 12.0. The minimum Gasteiger partial charge on any atom is -0.482 e. The number of rotatable bonds is 5. The van der Waals surface area contributed by atoms with Gasteiger partial charge in [0.1, 0.15) is 11.5 Å². The van der Waals surface area contributed by atoms with Gasteiger partial charge in [0.15, 0.2) is 6.61 Å². The van der Waals surface area contributed by atoms with Crippen molar-refractivity contribution in [2.75, 3.05) is 37.7 Å². The van der Waals surface area contributed by atoms with Gasteiger partial charge in [-0.15, -0.1) is 0 Å². The average Bonchev–Trinajstić information content (AvgIpc) is 2.68. The summed E-state index contributed by atoms with van der Waals surface area (Å²) in [5.41, 5.74) is 2.02. The summed E-state index contributed by atoms with van der Waals surface area (Å²) in [4.78, 5) is 27.5. The summed E-state index contributed by atoms with van der Waals surface area (Å²) >= 11 is 0. The topological polar surface area (TPSA) is 59.1 Å². The van der Waals surface area contributed by atoms with Gasteiger partial charge in [0.2, 0.25) is 5.91 Å². The molecule has 0 atom stereocenters. The Morgan fingerprint density at radius 1 is 0.963 bits per heavy atom. The molecule has 0 spiro atoms. The van der Waals surface area contributed by atoms with Crippen LogP contribution in [0.4, 0.5) is 5.69 Å². The summed E-state index contributed by atoms with van der Waals surface area (Å²) in [6, 6.07) is 14.9. The van der Waals surface area contributed by atoms with E-state index < -0.39 is 5.97 Å². The number of hydrogen-bond donors (Lipinski definition) is 0. The molecule has 0 aliphatic carbocycles. The van der Waals surface area contributed by atoms with Crippen LogP contribution in [-0.2, 0) is 9.59 Å². The van der Waals surface area contributed by atoms with Gasteiger partial charge in [-0.3, -0.25) is 4.79 Å². The van der Waals surface area contributed by atoms with Gasteiger partial charge in [-0.25, -0.2) is 4.79 Å². The van der Waals surface area contributed by atoms with Gasteiger partial charge in [-0.1, -0.05) is 18.2 Å². The molecule has 3 rings (SSSR count). The first-order valence-corrected chi connectivity index (χ1v) is 9.02. The van der Waals surface area contributed by atoms with E-state index in [4.69, 9.17) is 9.47 Å². The van der Waals surface area contributed by atoms with E-state index in [1.54, 1.807) is 19.1 Å². The summed E-state index contributed by atoms with van der Waals surface area (Å²) in [5.74, 6) is 0.833. The molecule has 0 N–H and O–H groups in total. The molecule has 1 amide bonds. The monoisotopic (exact) mass is 368 g/mol. The first-order chi connectivity index (χ1) is 13.0. The summed E-state index contributed by atoms with van der Waals surface area (Å²) in [7, 11) is 0. The highest BCUT2D eigenvalue weighted by molar-refractivity contribution is 5.74. The molecule has 2 aromatic carbocycles. The van der Waals surface area contributed by atoms with E-state index in [1.807, 2.05) is 48.2 Å². The third kappa shape index (κ3) is 5.00. The molecule has 0 aromatic heterocycles. The number of aryl methyl sites for hydroxylation is 1. The standard InChI is InChI=1S/C21H24N2O4/c1-16-5-3-4-6-20(16)26-15-21(25)27-19-9-7-18(8-10-19)23-13-11-22(12-14-23)17(2)24/h3-10H,11-15H2,1-2H3. The van der Waals surface area contributed by atoms with Crippen LogP contribution < -0.4 is 14.4 Å². The second-order valence-corrected chi connectivity index (χ2v) is 6.52. The zero-order valence-corrected chi connectivity index (χ0v) is 15.7. The van der Waals surface area contributed by atoms with Crippen LogP contribution in [0.5, 0.6) is 11.5 Å². The molecule has 0 radical (unpaired) electrons. The molecule has 0 saturated carbocycles. The molecule has 0 unspecified atom stereocenters. The predicted molar refractivity (Wildman–Crippen MR) is 103 cm³/mol. The molecular weight excluding hydrogens is 344 g/mol. The molecule has 6 nitrogen and oxygen atoms in total. The summed E-state index contributed by atoms with van der Waals surface area (Å²) < 4.78 is 10.8. The van der Waals surface area contributed by atoms with E-state index in [9.17, 15) is 9.59 Å². The van der Waals surface area contributed by atoms with Crippen molar-refractivity contribution in [3.05, 3.63) is 54.1 Å². The molecular formula is C21H24N2O4. The fraction of sp³-hybridized carbons (Fsp3) is 0.333. The average molecular weight is 368 g/mol. The van der Waals surface area contributed by atoms with Crippen LogP contribution in [0.15, 0.2) is 48.5 Å². The minimum atomic E-state index is -0.443. The van der Waals surface area contributed by atoms with Crippen LogP contribution in [0.3, 0.4) is 0 Å². The Morgan fingerprint density at radius 3 is 2.26 bits per heavy atom. The maximum Gasteiger partial charge on any atom is 0.349 e. The molecule has 1 saturated heterocycles. The van der Waals surface area contributed by atoms with Gasteiger partial charge in [0, 0.05) is 38.8 Å². The van der Waals surface area contributed by atoms with Crippen molar-refractivity contribution in [1.82, 2.24) is 4.90 Å². The zero-order valence-electron chi connectivity index (χ0n) is 15.7. The lowest BCUT2D eigenvalue weighted by Crippen LogP contribution is -2.48. The summed E-state index contributed by atoms with van der Waals surface area (Å²) in [6.45, 7) is 6.42. The summed E-state index contributed by atoms with van der Waals surface area (Å²) in [6.07, 6.45) is 0. The number of esters is 1. The van der Waals surface area contributed by atoms with Crippen LogP contribution in [-0.4, -0.2) is 49.6 Å². The van der Waals surface area contributed by atoms with E-state index >= 15 is 0 Å². The second-order valence-electron chi connectivity index (χ2n) is 6.52. The molecule has 0 bridgehead atoms. The molecule has 142 valence electrons. The maximum absolute atomic E-state index is 12.0. The van der Waals surface area contributed by atoms with Gasteiger partial charge >= 0.3 is 5.97 Å². The fourth-order valence-electron chi connectivity index (χ4n) is 3.02. The molecule has 1 heterocycles. The normalized spacial score (nSPS) is 14.0. The number of piperazine rings is 1. The highest BCUT2D eigenvalue weighted by Gasteiger charge is 2.18. The number of para-hydroxylation sites is 1. The number of carbonyl (C=O) groups is 2.